The number of sulfonamides is 1. The van der Waals surface area contributed by atoms with Gasteiger partial charge in [-0.1, -0.05) is 6.92 Å². The molecular formula is C6H12N2O2S. The van der Waals surface area contributed by atoms with Crippen LogP contribution in [-0.2, 0) is 10.0 Å². The molecule has 1 unspecified atom stereocenters. The van der Waals surface area contributed by atoms with Gasteiger partial charge in [-0.2, -0.15) is 9.98 Å². The predicted octanol–water partition coefficient (Wildman–Crippen LogP) is 0.228. The number of nitrogens with one attached hydrogen (secondary N) is 1. The highest BCUT2D eigenvalue weighted by Gasteiger charge is 2.12. The van der Waals surface area contributed by atoms with E-state index < -0.39 is 16.1 Å². The summed E-state index contributed by atoms with van der Waals surface area (Å²) in [5, 5.41) is 8.41. The highest BCUT2D eigenvalue weighted by molar-refractivity contribution is 7.89. The van der Waals surface area contributed by atoms with E-state index in [-0.39, 0.29) is 5.75 Å². The molecule has 0 aliphatic rings. The minimum atomic E-state index is -3.22. The van der Waals surface area contributed by atoms with Crippen LogP contribution < -0.4 is 4.72 Å². The average Bonchev–Trinajstić information content (AvgIpc) is 2.00. The third kappa shape index (κ3) is 3.96. The predicted molar refractivity (Wildman–Crippen MR) is 42.3 cm³/mol. The molecule has 4 nitrogen and oxygen atoms in total. The zero-order valence-corrected chi connectivity index (χ0v) is 7.48. The Bertz CT molecular complexity index is 240. The third-order valence-electron chi connectivity index (χ3n) is 1.27. The summed E-state index contributed by atoms with van der Waals surface area (Å²) in [6.07, 6.45) is 0.496. The van der Waals surface area contributed by atoms with Gasteiger partial charge >= 0.3 is 0 Å². The van der Waals surface area contributed by atoms with Crippen LogP contribution in [0.1, 0.15) is 20.3 Å². The molecule has 0 spiro atoms. The van der Waals surface area contributed by atoms with E-state index in [4.69, 9.17) is 5.26 Å². The summed E-state index contributed by atoms with van der Waals surface area (Å²) in [6.45, 7) is 3.29. The topological polar surface area (TPSA) is 70.0 Å². The smallest absolute Gasteiger partial charge is 0.212 e. The first-order valence-corrected chi connectivity index (χ1v) is 5.10. The van der Waals surface area contributed by atoms with Crippen molar-refractivity contribution in [2.45, 2.75) is 26.3 Å². The molecule has 5 heteroatoms. The van der Waals surface area contributed by atoms with Crippen molar-refractivity contribution in [3.05, 3.63) is 0 Å². The summed E-state index contributed by atoms with van der Waals surface area (Å²) in [5.74, 6) is 0.0190. The lowest BCUT2D eigenvalue weighted by molar-refractivity contribution is 0.571. The normalized spacial score (nSPS) is 13.9. The Labute approximate surface area is 67.3 Å². The molecule has 0 aliphatic carbocycles. The first-order chi connectivity index (χ1) is 5.05. The first kappa shape index (κ1) is 10.4. The van der Waals surface area contributed by atoms with Gasteiger partial charge in [0, 0.05) is 0 Å². The Morgan fingerprint density at radius 3 is 2.36 bits per heavy atom. The Morgan fingerprint density at radius 2 is 2.09 bits per heavy atom. The average molecular weight is 176 g/mol. The van der Waals surface area contributed by atoms with E-state index in [1.54, 1.807) is 6.92 Å². The summed E-state index contributed by atoms with van der Waals surface area (Å²) in [5.41, 5.74) is 0. The molecule has 0 aliphatic heterocycles. The van der Waals surface area contributed by atoms with Gasteiger partial charge in [0.15, 0.2) is 0 Å². The van der Waals surface area contributed by atoms with Gasteiger partial charge in [0.05, 0.1) is 11.8 Å². The molecule has 0 fully saturated rings. The molecule has 0 bridgehead atoms. The quantitative estimate of drug-likeness (QED) is 0.666. The van der Waals surface area contributed by atoms with Crippen LogP contribution in [0.3, 0.4) is 0 Å². The van der Waals surface area contributed by atoms with Crippen LogP contribution >= 0.6 is 0 Å². The highest BCUT2D eigenvalue weighted by Crippen LogP contribution is 1.92. The van der Waals surface area contributed by atoms with Crippen molar-refractivity contribution in [3.63, 3.8) is 0 Å². The molecule has 11 heavy (non-hydrogen) atoms. The molecule has 1 atom stereocenters. The van der Waals surface area contributed by atoms with Crippen LogP contribution in [0.5, 0.6) is 0 Å². The number of hydrogen-bond acceptors (Lipinski definition) is 3. The molecular weight excluding hydrogens is 164 g/mol. The number of rotatable bonds is 4. The van der Waals surface area contributed by atoms with Crippen molar-refractivity contribution in [1.29, 1.82) is 5.26 Å². The van der Waals surface area contributed by atoms with E-state index in [1.807, 2.05) is 6.07 Å². The van der Waals surface area contributed by atoms with Crippen LogP contribution in [-0.4, -0.2) is 20.2 Å². The number of nitriles is 1. The lowest BCUT2D eigenvalue weighted by atomic mass is 10.3. The molecule has 0 aromatic rings. The lowest BCUT2D eigenvalue weighted by Crippen LogP contribution is -2.34. The molecule has 0 rings (SSSR count). The van der Waals surface area contributed by atoms with Gasteiger partial charge in [0.1, 0.15) is 6.04 Å². The maximum absolute atomic E-state index is 10.9. The second kappa shape index (κ2) is 4.31. The fourth-order valence-electron chi connectivity index (χ4n) is 0.501. The van der Waals surface area contributed by atoms with E-state index in [0.717, 1.165) is 0 Å². The number of nitrogens with zero attached hydrogens (tertiary/aromatic N) is 1. The molecule has 1 N–H and O–H groups in total. The van der Waals surface area contributed by atoms with Gasteiger partial charge in [-0.3, -0.25) is 0 Å². The van der Waals surface area contributed by atoms with E-state index >= 15 is 0 Å². The molecule has 0 saturated heterocycles. The molecule has 0 aromatic carbocycles. The maximum atomic E-state index is 10.9. The summed E-state index contributed by atoms with van der Waals surface area (Å²) in [7, 11) is -3.22. The lowest BCUT2D eigenvalue weighted by Gasteiger charge is -2.07. The van der Waals surface area contributed by atoms with Gasteiger partial charge in [-0.25, -0.2) is 8.42 Å². The molecule has 0 aromatic heterocycles. The Morgan fingerprint density at radius 1 is 1.55 bits per heavy atom. The minimum Gasteiger partial charge on any atom is -0.212 e. The van der Waals surface area contributed by atoms with Crippen molar-refractivity contribution >= 4 is 10.0 Å². The second-order valence-electron chi connectivity index (χ2n) is 2.11. The van der Waals surface area contributed by atoms with Crippen LogP contribution in [0.15, 0.2) is 0 Å². The van der Waals surface area contributed by atoms with E-state index in [0.29, 0.717) is 6.42 Å². The van der Waals surface area contributed by atoms with Crippen molar-refractivity contribution in [2.24, 2.45) is 0 Å². The van der Waals surface area contributed by atoms with E-state index in [9.17, 15) is 8.42 Å². The van der Waals surface area contributed by atoms with Crippen molar-refractivity contribution < 1.29 is 8.42 Å². The van der Waals surface area contributed by atoms with Crippen molar-refractivity contribution in [2.75, 3.05) is 5.75 Å². The van der Waals surface area contributed by atoms with Crippen LogP contribution in [0.2, 0.25) is 0 Å². The van der Waals surface area contributed by atoms with Crippen LogP contribution in [0.25, 0.3) is 0 Å². The molecule has 0 heterocycles. The largest absolute Gasteiger partial charge is 0.212 e. The molecule has 64 valence electrons. The summed E-state index contributed by atoms with van der Waals surface area (Å²) < 4.78 is 24.0. The summed E-state index contributed by atoms with van der Waals surface area (Å²) in [6, 6.07) is 1.27. The SMILES string of the molecule is CCC(C#N)NS(=O)(=O)CC. The first-order valence-electron chi connectivity index (χ1n) is 3.45. The Kier molecular flexibility index (Phi) is 4.08. The standard InChI is InChI=1S/C6H12N2O2S/c1-3-6(5-7)8-11(9,10)4-2/h6,8H,3-4H2,1-2H3. The monoisotopic (exact) mass is 176 g/mol. The van der Waals surface area contributed by atoms with Gasteiger partial charge < -0.3 is 0 Å². The summed E-state index contributed by atoms with van der Waals surface area (Å²) >= 11 is 0. The number of hydrogen-bond donors (Lipinski definition) is 1. The van der Waals surface area contributed by atoms with Gasteiger partial charge in [-0.15, -0.1) is 0 Å². The van der Waals surface area contributed by atoms with Crippen molar-refractivity contribution in [1.82, 2.24) is 4.72 Å². The fraction of sp³-hybridized carbons (Fsp3) is 0.833. The van der Waals surface area contributed by atoms with Crippen LogP contribution in [0.4, 0.5) is 0 Å². The van der Waals surface area contributed by atoms with Gasteiger partial charge in [0.2, 0.25) is 10.0 Å². The van der Waals surface area contributed by atoms with Crippen LogP contribution in [0, 0.1) is 11.3 Å². The zero-order chi connectivity index (χ0) is 8.91. The zero-order valence-electron chi connectivity index (χ0n) is 6.66. The second-order valence-corrected chi connectivity index (χ2v) is 4.15. The third-order valence-corrected chi connectivity index (χ3v) is 2.67. The van der Waals surface area contributed by atoms with E-state index in [1.165, 1.54) is 6.92 Å². The minimum absolute atomic E-state index is 0.0190. The van der Waals surface area contributed by atoms with Gasteiger partial charge in [-0.05, 0) is 13.3 Å². The van der Waals surface area contributed by atoms with E-state index in [2.05, 4.69) is 4.72 Å². The van der Waals surface area contributed by atoms with Gasteiger partial charge in [0.25, 0.3) is 0 Å². The van der Waals surface area contributed by atoms with Crippen molar-refractivity contribution in [3.8, 4) is 6.07 Å². The molecule has 0 radical (unpaired) electrons. The maximum Gasteiger partial charge on any atom is 0.212 e. The highest BCUT2D eigenvalue weighted by atomic mass is 32.2. The summed E-state index contributed by atoms with van der Waals surface area (Å²) in [4.78, 5) is 0. The fourth-order valence-corrected chi connectivity index (χ4v) is 1.32. The Hall–Kier alpha value is -0.600. The molecule has 0 amide bonds. The Balaban J connectivity index is 4.15. The molecule has 0 saturated carbocycles.